The number of alkyl halides is 3. The zero-order chi connectivity index (χ0) is 17.5. The smallest absolute Gasteiger partial charge is 0.416 e. The van der Waals surface area contributed by atoms with Gasteiger partial charge in [0.15, 0.2) is 0 Å². The van der Waals surface area contributed by atoms with Gasteiger partial charge in [-0.2, -0.15) is 13.2 Å². The van der Waals surface area contributed by atoms with E-state index < -0.39 is 23.9 Å². The maximum atomic E-state index is 12.8. The Kier molecular flexibility index (Phi) is 4.36. The predicted octanol–water partition coefficient (Wildman–Crippen LogP) is 5.71. The maximum Gasteiger partial charge on any atom is 0.416 e. The number of carbonyl (C=O) groups is 1. The third-order valence-corrected chi connectivity index (χ3v) is 4.17. The monoisotopic (exact) mass is 375 g/mol. The van der Waals surface area contributed by atoms with Gasteiger partial charge in [0.2, 0.25) is 0 Å². The Morgan fingerprint density at radius 2 is 1.88 bits per heavy atom. The standard InChI is InChI=1S/C16H10Cl2F3NO2/c17-10-4-5-12(13(18)7-10)14-8-22(15(23)24-14)11-3-1-2-9(6-11)16(19,20)21/h1-7,14H,8H2. The number of nitrogens with zero attached hydrogens (tertiary/aromatic N) is 1. The Morgan fingerprint density at radius 3 is 2.54 bits per heavy atom. The Hall–Kier alpha value is -1.92. The lowest BCUT2D eigenvalue weighted by atomic mass is 10.1. The number of rotatable bonds is 2. The molecule has 24 heavy (non-hydrogen) atoms. The fourth-order valence-electron chi connectivity index (χ4n) is 2.45. The van der Waals surface area contributed by atoms with Crippen molar-refractivity contribution in [2.75, 3.05) is 11.4 Å². The molecule has 1 aliphatic heterocycles. The molecule has 0 saturated carbocycles. The van der Waals surface area contributed by atoms with E-state index in [-0.39, 0.29) is 12.2 Å². The molecule has 1 saturated heterocycles. The summed E-state index contributed by atoms with van der Waals surface area (Å²) in [7, 11) is 0. The summed E-state index contributed by atoms with van der Waals surface area (Å²) < 4.78 is 43.7. The summed E-state index contributed by atoms with van der Waals surface area (Å²) in [5.74, 6) is 0. The first-order chi connectivity index (χ1) is 11.3. The summed E-state index contributed by atoms with van der Waals surface area (Å²) in [6.45, 7) is 0.0570. The van der Waals surface area contributed by atoms with Crippen LogP contribution >= 0.6 is 23.2 Å². The molecular weight excluding hydrogens is 366 g/mol. The van der Waals surface area contributed by atoms with Crippen LogP contribution in [-0.2, 0) is 10.9 Å². The van der Waals surface area contributed by atoms with Crippen LogP contribution in [0.1, 0.15) is 17.2 Å². The fraction of sp³-hybridized carbons (Fsp3) is 0.188. The van der Waals surface area contributed by atoms with Crippen molar-refractivity contribution < 1.29 is 22.7 Å². The molecule has 0 aliphatic carbocycles. The van der Waals surface area contributed by atoms with E-state index in [0.29, 0.717) is 15.6 Å². The van der Waals surface area contributed by atoms with Crippen molar-refractivity contribution in [1.29, 1.82) is 0 Å². The van der Waals surface area contributed by atoms with Crippen molar-refractivity contribution in [3.8, 4) is 0 Å². The first kappa shape index (κ1) is 16.9. The summed E-state index contributed by atoms with van der Waals surface area (Å²) in [6, 6.07) is 9.25. The second-order valence-electron chi connectivity index (χ2n) is 5.20. The lowest BCUT2D eigenvalue weighted by Crippen LogP contribution is -2.24. The zero-order valence-electron chi connectivity index (χ0n) is 12.0. The van der Waals surface area contributed by atoms with E-state index in [1.165, 1.54) is 18.2 Å². The minimum Gasteiger partial charge on any atom is -0.439 e. The summed E-state index contributed by atoms with van der Waals surface area (Å²) in [5, 5.41) is 0.758. The Morgan fingerprint density at radius 1 is 1.12 bits per heavy atom. The van der Waals surface area contributed by atoms with Crippen molar-refractivity contribution in [3.05, 3.63) is 63.6 Å². The summed E-state index contributed by atoms with van der Waals surface area (Å²) in [6.07, 6.45) is -5.90. The van der Waals surface area contributed by atoms with Crippen LogP contribution in [0.4, 0.5) is 23.7 Å². The second-order valence-corrected chi connectivity index (χ2v) is 6.04. The lowest BCUT2D eigenvalue weighted by molar-refractivity contribution is -0.137. The molecule has 1 atom stereocenters. The molecule has 3 rings (SSSR count). The number of amides is 1. The number of hydrogen-bond acceptors (Lipinski definition) is 2. The molecule has 1 fully saturated rings. The first-order valence-electron chi connectivity index (χ1n) is 6.86. The van der Waals surface area contributed by atoms with E-state index in [2.05, 4.69) is 0 Å². The van der Waals surface area contributed by atoms with Crippen LogP contribution in [0.5, 0.6) is 0 Å². The quantitative estimate of drug-likeness (QED) is 0.672. The first-order valence-corrected chi connectivity index (χ1v) is 7.61. The minimum atomic E-state index is -4.49. The topological polar surface area (TPSA) is 29.5 Å². The number of halogens is 5. The van der Waals surface area contributed by atoms with E-state index in [9.17, 15) is 18.0 Å². The van der Waals surface area contributed by atoms with E-state index in [0.717, 1.165) is 17.0 Å². The largest absolute Gasteiger partial charge is 0.439 e. The average molecular weight is 376 g/mol. The molecule has 0 spiro atoms. The second kappa shape index (κ2) is 6.18. The molecule has 2 aromatic carbocycles. The molecule has 3 nitrogen and oxygen atoms in total. The van der Waals surface area contributed by atoms with E-state index in [1.807, 2.05) is 0 Å². The van der Waals surface area contributed by atoms with Gasteiger partial charge in [-0.1, -0.05) is 35.3 Å². The molecule has 0 N–H and O–H groups in total. The predicted molar refractivity (Wildman–Crippen MR) is 84.5 cm³/mol. The Balaban J connectivity index is 1.88. The number of hydrogen-bond donors (Lipinski definition) is 0. The molecule has 1 heterocycles. The van der Waals surface area contributed by atoms with Gasteiger partial charge < -0.3 is 4.74 Å². The molecular formula is C16H10Cl2F3NO2. The minimum absolute atomic E-state index is 0.0570. The van der Waals surface area contributed by atoms with Crippen molar-refractivity contribution in [2.24, 2.45) is 0 Å². The summed E-state index contributed by atoms with van der Waals surface area (Å²) >= 11 is 11.9. The molecule has 2 aromatic rings. The third-order valence-electron chi connectivity index (χ3n) is 3.61. The maximum absolute atomic E-state index is 12.8. The Bertz CT molecular complexity index is 795. The van der Waals surface area contributed by atoms with Gasteiger partial charge in [-0.05, 0) is 30.3 Å². The molecule has 0 aromatic heterocycles. The molecule has 0 radical (unpaired) electrons. The number of anilines is 1. The number of cyclic esters (lactones) is 1. The van der Waals surface area contributed by atoms with Crippen LogP contribution < -0.4 is 4.90 Å². The molecule has 8 heteroatoms. The molecule has 1 aliphatic rings. The number of carbonyl (C=O) groups excluding carboxylic acids is 1. The van der Waals surface area contributed by atoms with Crippen LogP contribution in [0.2, 0.25) is 10.0 Å². The van der Waals surface area contributed by atoms with Gasteiger partial charge in [-0.25, -0.2) is 4.79 Å². The van der Waals surface area contributed by atoms with E-state index >= 15 is 0 Å². The SMILES string of the molecule is O=C1OC(c2ccc(Cl)cc2Cl)CN1c1cccc(C(F)(F)F)c1. The molecule has 0 bridgehead atoms. The van der Waals surface area contributed by atoms with Gasteiger partial charge in [0.25, 0.3) is 0 Å². The highest BCUT2D eigenvalue weighted by molar-refractivity contribution is 6.35. The van der Waals surface area contributed by atoms with Crippen molar-refractivity contribution in [1.82, 2.24) is 0 Å². The van der Waals surface area contributed by atoms with Gasteiger partial charge >= 0.3 is 12.3 Å². The van der Waals surface area contributed by atoms with Crippen LogP contribution in [0.15, 0.2) is 42.5 Å². The Labute approximate surface area is 145 Å². The fourth-order valence-corrected chi connectivity index (χ4v) is 2.98. The van der Waals surface area contributed by atoms with Crippen molar-refractivity contribution in [3.63, 3.8) is 0 Å². The van der Waals surface area contributed by atoms with Crippen LogP contribution in [0.3, 0.4) is 0 Å². The average Bonchev–Trinajstić information content (AvgIpc) is 2.88. The van der Waals surface area contributed by atoms with Crippen LogP contribution in [-0.4, -0.2) is 12.6 Å². The van der Waals surface area contributed by atoms with Gasteiger partial charge in [-0.3, -0.25) is 4.90 Å². The lowest BCUT2D eigenvalue weighted by Gasteiger charge is -2.15. The molecule has 126 valence electrons. The van der Waals surface area contributed by atoms with Crippen LogP contribution in [0, 0.1) is 0 Å². The van der Waals surface area contributed by atoms with Gasteiger partial charge in [0.05, 0.1) is 12.1 Å². The van der Waals surface area contributed by atoms with Crippen molar-refractivity contribution >= 4 is 35.0 Å². The number of ether oxygens (including phenoxy) is 1. The third kappa shape index (κ3) is 3.30. The summed E-state index contributed by atoms with van der Waals surface area (Å²) in [4.78, 5) is 13.2. The van der Waals surface area contributed by atoms with E-state index in [4.69, 9.17) is 27.9 Å². The normalized spacial score (nSPS) is 18.0. The van der Waals surface area contributed by atoms with E-state index in [1.54, 1.807) is 12.1 Å². The van der Waals surface area contributed by atoms with Gasteiger partial charge in [-0.15, -0.1) is 0 Å². The highest BCUT2D eigenvalue weighted by atomic mass is 35.5. The number of benzene rings is 2. The van der Waals surface area contributed by atoms with Gasteiger partial charge in [0.1, 0.15) is 6.10 Å². The highest BCUT2D eigenvalue weighted by Gasteiger charge is 2.36. The van der Waals surface area contributed by atoms with Crippen LogP contribution in [0.25, 0.3) is 0 Å². The highest BCUT2D eigenvalue weighted by Crippen LogP contribution is 2.37. The summed E-state index contributed by atoms with van der Waals surface area (Å²) in [5.41, 5.74) is -0.174. The van der Waals surface area contributed by atoms with Crippen molar-refractivity contribution in [2.45, 2.75) is 12.3 Å². The zero-order valence-corrected chi connectivity index (χ0v) is 13.5. The van der Waals surface area contributed by atoms with Gasteiger partial charge in [0, 0.05) is 21.3 Å². The molecule has 1 unspecified atom stereocenters. The molecule has 1 amide bonds.